The summed E-state index contributed by atoms with van der Waals surface area (Å²) in [5, 5.41) is 8.87. The van der Waals surface area contributed by atoms with Crippen molar-refractivity contribution in [1.82, 2.24) is 0 Å². The first kappa shape index (κ1) is 40.1. The van der Waals surface area contributed by atoms with E-state index in [1.807, 2.05) is 0 Å². The monoisotopic (exact) mass is 930 g/mol. The third-order valence-corrected chi connectivity index (χ3v) is 15.8. The summed E-state index contributed by atoms with van der Waals surface area (Å²) in [4.78, 5) is 4.80. The standard InChI is InChI=1S/C69H42N2O2/c1-5-21-43(22-6-1)70(44-23-7-2-8-24-44)47-37-38-51-56(39-47)68-65(52-32-16-20-36-62(52)73-68)66-64-55-40-54-50-31-15-19-35-61(50)72-63(54)41-53(55)60(71(45-25-9-3-10-26-45)46-27-11-4-12-28-46)42-59(64)69(67(51)66)57-33-17-13-29-48(57)49-30-14-18-34-58(49)69/h1-42H. The van der Waals surface area contributed by atoms with Gasteiger partial charge in [0, 0.05) is 60.8 Å². The predicted octanol–water partition coefficient (Wildman–Crippen LogP) is 19.1. The van der Waals surface area contributed by atoms with Gasteiger partial charge in [0.15, 0.2) is 0 Å². The maximum atomic E-state index is 7.31. The molecule has 0 bridgehead atoms. The molecule has 4 heteroatoms. The number of fused-ring (bicyclic) bond motifs is 22. The highest BCUT2D eigenvalue weighted by Crippen LogP contribution is 2.68. The number of furan rings is 2. The Kier molecular flexibility index (Phi) is 8.35. The zero-order valence-electron chi connectivity index (χ0n) is 39.5. The lowest BCUT2D eigenvalue weighted by molar-refractivity contribution is 0.669. The highest BCUT2D eigenvalue weighted by atomic mass is 16.3. The van der Waals surface area contributed by atoms with Gasteiger partial charge < -0.3 is 18.6 Å². The minimum absolute atomic E-state index is 0.752. The summed E-state index contributed by atoms with van der Waals surface area (Å²) in [7, 11) is 0. The molecule has 0 unspecified atom stereocenters. The first-order chi connectivity index (χ1) is 36.2. The molecule has 1 spiro atoms. The van der Waals surface area contributed by atoms with Crippen LogP contribution in [0.1, 0.15) is 22.3 Å². The summed E-state index contributed by atoms with van der Waals surface area (Å²) in [6.45, 7) is 0. The quantitative estimate of drug-likeness (QED) is 0.166. The summed E-state index contributed by atoms with van der Waals surface area (Å²) in [5.41, 5.74) is 19.1. The van der Waals surface area contributed by atoms with Gasteiger partial charge in [0.05, 0.1) is 11.1 Å². The highest BCUT2D eigenvalue weighted by molar-refractivity contribution is 6.29. The van der Waals surface area contributed by atoms with E-state index in [-0.39, 0.29) is 0 Å². The van der Waals surface area contributed by atoms with Gasteiger partial charge in [-0.05, 0) is 146 Å². The van der Waals surface area contributed by atoms with Crippen molar-refractivity contribution in [3.8, 4) is 22.3 Å². The molecule has 340 valence electrons. The number of benzene rings is 12. The molecule has 0 fully saturated rings. The number of anilines is 6. The maximum absolute atomic E-state index is 7.31. The Bertz CT molecular complexity index is 4430. The molecule has 0 aliphatic heterocycles. The first-order valence-electron chi connectivity index (χ1n) is 25.1. The molecule has 0 saturated heterocycles. The molecule has 2 aliphatic rings. The molecule has 0 radical (unpaired) electrons. The fraction of sp³-hybridized carbons (Fsp3) is 0.0145. The smallest absolute Gasteiger partial charge is 0.143 e. The van der Waals surface area contributed by atoms with E-state index in [9.17, 15) is 0 Å². The predicted molar refractivity (Wildman–Crippen MR) is 302 cm³/mol. The van der Waals surface area contributed by atoms with Crippen LogP contribution >= 0.6 is 0 Å². The number of para-hydroxylation sites is 6. The van der Waals surface area contributed by atoms with Crippen LogP contribution in [0.25, 0.3) is 87.7 Å². The second kappa shape index (κ2) is 15.2. The molecular formula is C69H42N2O2. The van der Waals surface area contributed by atoms with Gasteiger partial charge in [0.1, 0.15) is 22.3 Å². The molecule has 2 heterocycles. The average Bonchev–Trinajstić information content (AvgIpc) is 4.19. The molecule has 2 aromatic heterocycles. The van der Waals surface area contributed by atoms with Gasteiger partial charge in [-0.2, -0.15) is 0 Å². The Labute approximate surface area is 420 Å². The first-order valence-corrected chi connectivity index (χ1v) is 25.1. The van der Waals surface area contributed by atoms with Gasteiger partial charge >= 0.3 is 0 Å². The second-order valence-corrected chi connectivity index (χ2v) is 19.4. The molecule has 0 atom stereocenters. The Morgan fingerprint density at radius 1 is 0.288 bits per heavy atom. The summed E-state index contributed by atoms with van der Waals surface area (Å²) in [6, 6.07) is 92.7. The van der Waals surface area contributed by atoms with Crippen molar-refractivity contribution in [2.24, 2.45) is 0 Å². The van der Waals surface area contributed by atoms with Crippen molar-refractivity contribution < 1.29 is 8.83 Å². The molecule has 14 aromatic rings. The van der Waals surface area contributed by atoms with Crippen LogP contribution in [0.5, 0.6) is 0 Å². The van der Waals surface area contributed by atoms with Crippen molar-refractivity contribution >= 4 is 99.5 Å². The zero-order valence-corrected chi connectivity index (χ0v) is 39.5. The van der Waals surface area contributed by atoms with Crippen molar-refractivity contribution in [3.05, 3.63) is 277 Å². The van der Waals surface area contributed by atoms with E-state index < -0.39 is 5.41 Å². The SMILES string of the molecule is c1ccc(N(c2ccccc2)c2ccc3c4c(c5c6ccccc6oc5c3c2)-c2c(cc(N(c3ccccc3)c3ccccc3)c3cc5oc6ccccc6c5cc23)C42c3ccccc3-c3ccccc32)cc1. The molecule has 12 aromatic carbocycles. The topological polar surface area (TPSA) is 32.8 Å². The zero-order chi connectivity index (χ0) is 47.8. The van der Waals surface area contributed by atoms with Crippen molar-refractivity contribution in [2.45, 2.75) is 5.41 Å². The lowest BCUT2D eigenvalue weighted by atomic mass is 9.69. The number of nitrogens with zero attached hydrogens (tertiary/aromatic N) is 2. The number of hydrogen-bond acceptors (Lipinski definition) is 4. The molecule has 0 saturated carbocycles. The van der Waals surface area contributed by atoms with Gasteiger partial charge in [0.2, 0.25) is 0 Å². The Balaban J connectivity index is 1.14. The van der Waals surface area contributed by atoms with Crippen LogP contribution in [-0.4, -0.2) is 0 Å². The molecule has 2 aliphatic carbocycles. The van der Waals surface area contributed by atoms with Gasteiger partial charge in [-0.25, -0.2) is 0 Å². The van der Waals surface area contributed by atoms with Gasteiger partial charge in [-0.3, -0.25) is 0 Å². The number of rotatable bonds is 6. The lowest BCUT2D eigenvalue weighted by Crippen LogP contribution is -2.26. The van der Waals surface area contributed by atoms with Gasteiger partial charge in [-0.1, -0.05) is 164 Å². The fourth-order valence-electron chi connectivity index (χ4n) is 12.9. The summed E-state index contributed by atoms with van der Waals surface area (Å²) in [6.07, 6.45) is 0. The van der Waals surface area contributed by atoms with Crippen LogP contribution < -0.4 is 9.80 Å². The van der Waals surface area contributed by atoms with E-state index >= 15 is 0 Å². The van der Waals surface area contributed by atoms with E-state index in [4.69, 9.17) is 8.83 Å². The maximum Gasteiger partial charge on any atom is 0.143 e. The normalized spacial score (nSPS) is 13.0. The summed E-state index contributed by atoms with van der Waals surface area (Å²) < 4.78 is 14.1. The van der Waals surface area contributed by atoms with Crippen LogP contribution in [0.15, 0.2) is 264 Å². The summed E-state index contributed by atoms with van der Waals surface area (Å²) >= 11 is 0. The van der Waals surface area contributed by atoms with Gasteiger partial charge in [-0.15, -0.1) is 0 Å². The van der Waals surface area contributed by atoms with Crippen LogP contribution in [0.4, 0.5) is 34.1 Å². The molecular weight excluding hydrogens is 889 g/mol. The Morgan fingerprint density at radius 3 is 1.42 bits per heavy atom. The number of hydrogen-bond donors (Lipinski definition) is 0. The summed E-state index contributed by atoms with van der Waals surface area (Å²) in [5.74, 6) is 0. The molecule has 4 nitrogen and oxygen atoms in total. The van der Waals surface area contributed by atoms with Crippen LogP contribution in [0.3, 0.4) is 0 Å². The molecule has 73 heavy (non-hydrogen) atoms. The lowest BCUT2D eigenvalue weighted by Gasteiger charge is -2.33. The van der Waals surface area contributed by atoms with Crippen molar-refractivity contribution in [2.75, 3.05) is 9.80 Å². The van der Waals surface area contributed by atoms with Crippen LogP contribution in [0, 0.1) is 0 Å². The van der Waals surface area contributed by atoms with E-state index in [1.165, 1.54) is 44.5 Å². The van der Waals surface area contributed by atoms with E-state index in [1.54, 1.807) is 0 Å². The van der Waals surface area contributed by atoms with Crippen molar-refractivity contribution in [1.29, 1.82) is 0 Å². The Hall–Kier alpha value is -9.64. The fourth-order valence-corrected chi connectivity index (χ4v) is 12.9. The highest BCUT2D eigenvalue weighted by Gasteiger charge is 2.54. The van der Waals surface area contributed by atoms with E-state index in [0.29, 0.717) is 0 Å². The minimum atomic E-state index is -0.752. The Morgan fingerprint density at radius 2 is 0.808 bits per heavy atom. The van der Waals surface area contributed by atoms with Gasteiger partial charge in [0.25, 0.3) is 0 Å². The van der Waals surface area contributed by atoms with Crippen LogP contribution in [-0.2, 0) is 5.41 Å². The third kappa shape index (κ3) is 5.49. The van der Waals surface area contributed by atoms with E-state index in [0.717, 1.165) is 99.5 Å². The average molecular weight is 931 g/mol. The van der Waals surface area contributed by atoms with E-state index in [2.05, 4.69) is 265 Å². The molecule has 0 amide bonds. The van der Waals surface area contributed by atoms with Crippen molar-refractivity contribution in [3.63, 3.8) is 0 Å². The molecule has 0 N–H and O–H groups in total. The third-order valence-electron chi connectivity index (χ3n) is 15.8. The largest absolute Gasteiger partial charge is 0.456 e. The molecule has 16 rings (SSSR count). The second-order valence-electron chi connectivity index (χ2n) is 19.4. The van der Waals surface area contributed by atoms with Crippen LogP contribution in [0.2, 0.25) is 0 Å². The minimum Gasteiger partial charge on any atom is -0.456 e.